The number of halogens is 2. The van der Waals surface area contributed by atoms with Gasteiger partial charge in [0.2, 0.25) is 0 Å². The van der Waals surface area contributed by atoms with E-state index in [9.17, 15) is 14.3 Å². The van der Waals surface area contributed by atoms with E-state index in [1.807, 2.05) is 0 Å². The molecule has 1 amide bonds. The highest BCUT2D eigenvalue weighted by molar-refractivity contribution is 6.31. The Labute approximate surface area is 139 Å². The van der Waals surface area contributed by atoms with Gasteiger partial charge in [-0.05, 0) is 38.3 Å². The molecule has 0 aliphatic carbocycles. The molecule has 4 N–H and O–H groups in total. The fraction of sp³-hybridized carbons (Fsp3) is 0.562. The summed E-state index contributed by atoms with van der Waals surface area (Å²) in [6.07, 6.45) is 1.38. The molecule has 1 saturated heterocycles. The molecule has 2 atom stereocenters. The lowest BCUT2D eigenvalue weighted by Crippen LogP contribution is -2.45. The molecule has 1 aliphatic heterocycles. The molecule has 2 rings (SSSR count). The Morgan fingerprint density at radius 1 is 1.52 bits per heavy atom. The van der Waals surface area contributed by atoms with Crippen molar-refractivity contribution in [3.63, 3.8) is 0 Å². The topological polar surface area (TPSA) is 81.6 Å². The Hall–Kier alpha value is -1.37. The Morgan fingerprint density at radius 3 is 2.96 bits per heavy atom. The standard InChI is InChI=1S/C16H22ClFN2O3/c17-14-12(5-1-6-13(14)18)16(23,7-3-9-20-15(21)22)11-4-2-8-19-10-11/h1,5-6,11,19-20,23H,2-4,7-10H2,(H,21,22)/t11-,16+/m1/s1. The van der Waals surface area contributed by atoms with Gasteiger partial charge in [0, 0.05) is 24.6 Å². The van der Waals surface area contributed by atoms with Crippen LogP contribution < -0.4 is 10.6 Å². The Balaban J connectivity index is 2.22. The summed E-state index contributed by atoms with van der Waals surface area (Å²) in [5.74, 6) is -0.657. The van der Waals surface area contributed by atoms with Gasteiger partial charge in [0.15, 0.2) is 0 Å². The van der Waals surface area contributed by atoms with Gasteiger partial charge in [-0.25, -0.2) is 9.18 Å². The SMILES string of the molecule is O=C(O)NCCC[C@@](O)(c1cccc(F)c1Cl)[C@@H]1CCCNC1. The van der Waals surface area contributed by atoms with Gasteiger partial charge in [0.05, 0.1) is 10.6 Å². The minimum atomic E-state index is -1.28. The predicted molar refractivity (Wildman–Crippen MR) is 86.2 cm³/mol. The van der Waals surface area contributed by atoms with Crippen LogP contribution in [0.15, 0.2) is 18.2 Å². The molecule has 5 nitrogen and oxygen atoms in total. The largest absolute Gasteiger partial charge is 0.465 e. The van der Waals surface area contributed by atoms with Crippen molar-refractivity contribution in [1.82, 2.24) is 10.6 Å². The first kappa shape index (κ1) is 18.0. The van der Waals surface area contributed by atoms with Crippen LogP contribution in [0, 0.1) is 11.7 Å². The highest BCUT2D eigenvalue weighted by Crippen LogP contribution is 2.41. The molecule has 1 aromatic rings. The van der Waals surface area contributed by atoms with Crippen LogP contribution in [0.1, 0.15) is 31.2 Å². The molecule has 7 heteroatoms. The van der Waals surface area contributed by atoms with E-state index in [1.54, 1.807) is 6.07 Å². The van der Waals surface area contributed by atoms with Gasteiger partial charge in [0.25, 0.3) is 0 Å². The summed E-state index contributed by atoms with van der Waals surface area (Å²) in [6.45, 7) is 1.74. The molecule has 0 saturated carbocycles. The van der Waals surface area contributed by atoms with Crippen LogP contribution in [-0.4, -0.2) is 35.9 Å². The van der Waals surface area contributed by atoms with Gasteiger partial charge in [-0.15, -0.1) is 0 Å². The Bertz CT molecular complexity index is 552. The van der Waals surface area contributed by atoms with E-state index in [-0.39, 0.29) is 17.5 Å². The van der Waals surface area contributed by atoms with Crippen LogP contribution in [0.3, 0.4) is 0 Å². The van der Waals surface area contributed by atoms with E-state index in [4.69, 9.17) is 16.7 Å². The monoisotopic (exact) mass is 344 g/mol. The second kappa shape index (κ2) is 7.95. The summed E-state index contributed by atoms with van der Waals surface area (Å²) in [6, 6.07) is 4.44. The third-order valence-corrected chi connectivity index (χ3v) is 4.79. The van der Waals surface area contributed by atoms with Crippen LogP contribution in [-0.2, 0) is 5.60 Å². The van der Waals surface area contributed by atoms with Gasteiger partial charge in [-0.3, -0.25) is 0 Å². The minimum absolute atomic E-state index is 0.0632. The number of hydrogen-bond acceptors (Lipinski definition) is 3. The third-order valence-electron chi connectivity index (χ3n) is 4.40. The first-order valence-corrected chi connectivity index (χ1v) is 8.17. The summed E-state index contributed by atoms with van der Waals surface area (Å²) in [5.41, 5.74) is -0.907. The normalized spacial score (nSPS) is 20.7. The third kappa shape index (κ3) is 4.34. The zero-order valence-electron chi connectivity index (χ0n) is 12.8. The molecule has 0 unspecified atom stereocenters. The van der Waals surface area contributed by atoms with Crippen molar-refractivity contribution in [1.29, 1.82) is 0 Å². The average molecular weight is 345 g/mol. The van der Waals surface area contributed by atoms with Crippen LogP contribution in [0.2, 0.25) is 5.02 Å². The molecule has 1 aromatic carbocycles. The average Bonchev–Trinajstić information content (AvgIpc) is 2.54. The molecule has 0 spiro atoms. The van der Waals surface area contributed by atoms with E-state index in [0.29, 0.717) is 24.9 Å². The van der Waals surface area contributed by atoms with Gasteiger partial charge < -0.3 is 20.8 Å². The van der Waals surface area contributed by atoms with Gasteiger partial charge in [-0.2, -0.15) is 0 Å². The van der Waals surface area contributed by atoms with Crippen LogP contribution in [0.25, 0.3) is 0 Å². The number of amides is 1. The Kier molecular flexibility index (Phi) is 6.21. The quantitative estimate of drug-likeness (QED) is 0.598. The van der Waals surface area contributed by atoms with E-state index >= 15 is 0 Å². The maximum absolute atomic E-state index is 13.8. The number of rotatable bonds is 6. The molecule has 23 heavy (non-hydrogen) atoms. The molecular weight excluding hydrogens is 323 g/mol. The fourth-order valence-corrected chi connectivity index (χ4v) is 3.50. The van der Waals surface area contributed by atoms with E-state index in [1.165, 1.54) is 12.1 Å². The summed E-state index contributed by atoms with van der Waals surface area (Å²) in [4.78, 5) is 10.5. The molecule has 1 fully saturated rings. The molecule has 1 aliphatic rings. The first-order valence-electron chi connectivity index (χ1n) is 7.79. The zero-order valence-corrected chi connectivity index (χ0v) is 13.6. The van der Waals surface area contributed by atoms with Crippen molar-refractivity contribution in [3.8, 4) is 0 Å². The molecule has 1 heterocycles. The van der Waals surface area contributed by atoms with Gasteiger partial charge in [0.1, 0.15) is 5.82 Å². The summed E-state index contributed by atoms with van der Waals surface area (Å²) in [7, 11) is 0. The first-order chi connectivity index (χ1) is 10.9. The molecule has 128 valence electrons. The maximum Gasteiger partial charge on any atom is 0.404 e. The second-order valence-corrected chi connectivity index (χ2v) is 6.28. The lowest BCUT2D eigenvalue weighted by atomic mass is 9.74. The van der Waals surface area contributed by atoms with Crippen molar-refractivity contribution in [3.05, 3.63) is 34.6 Å². The molecule has 0 bridgehead atoms. The number of hydrogen-bond donors (Lipinski definition) is 4. The maximum atomic E-state index is 13.8. The van der Waals surface area contributed by atoms with Crippen LogP contribution >= 0.6 is 11.6 Å². The van der Waals surface area contributed by atoms with Crippen molar-refractivity contribution < 1.29 is 19.4 Å². The van der Waals surface area contributed by atoms with Gasteiger partial charge >= 0.3 is 6.09 Å². The minimum Gasteiger partial charge on any atom is -0.465 e. The lowest BCUT2D eigenvalue weighted by Gasteiger charge is -2.40. The van der Waals surface area contributed by atoms with E-state index < -0.39 is 17.5 Å². The van der Waals surface area contributed by atoms with Crippen molar-refractivity contribution in [2.45, 2.75) is 31.3 Å². The Morgan fingerprint density at radius 2 is 2.30 bits per heavy atom. The highest BCUT2D eigenvalue weighted by Gasteiger charge is 2.40. The zero-order chi connectivity index (χ0) is 16.9. The fourth-order valence-electron chi connectivity index (χ4n) is 3.21. The summed E-state index contributed by atoms with van der Waals surface area (Å²) in [5, 5.41) is 25.4. The number of nitrogens with one attached hydrogen (secondary N) is 2. The van der Waals surface area contributed by atoms with Gasteiger partial charge in [-0.1, -0.05) is 23.7 Å². The van der Waals surface area contributed by atoms with Crippen LogP contribution in [0.5, 0.6) is 0 Å². The van der Waals surface area contributed by atoms with Crippen molar-refractivity contribution in [2.24, 2.45) is 5.92 Å². The summed E-state index contributed by atoms with van der Waals surface area (Å²) >= 11 is 6.09. The second-order valence-electron chi connectivity index (χ2n) is 5.90. The summed E-state index contributed by atoms with van der Waals surface area (Å²) < 4.78 is 13.8. The number of carbonyl (C=O) groups is 1. The van der Waals surface area contributed by atoms with Crippen molar-refractivity contribution in [2.75, 3.05) is 19.6 Å². The molecular formula is C16H22ClFN2O3. The number of piperidine rings is 1. The number of carboxylic acid groups (broad SMARTS) is 1. The highest BCUT2D eigenvalue weighted by atomic mass is 35.5. The number of aliphatic hydroxyl groups is 1. The van der Waals surface area contributed by atoms with Crippen LogP contribution in [0.4, 0.5) is 9.18 Å². The lowest BCUT2D eigenvalue weighted by molar-refractivity contribution is -0.0421. The predicted octanol–water partition coefficient (Wildman–Crippen LogP) is 2.71. The molecule has 0 aromatic heterocycles. The van der Waals surface area contributed by atoms with Crippen molar-refractivity contribution >= 4 is 17.7 Å². The smallest absolute Gasteiger partial charge is 0.404 e. The van der Waals surface area contributed by atoms with E-state index in [0.717, 1.165) is 19.4 Å². The molecule has 0 radical (unpaired) electrons. The number of benzene rings is 1. The van der Waals surface area contributed by atoms with E-state index in [2.05, 4.69) is 10.6 Å².